The molecule has 2 rings (SSSR count). The van der Waals surface area contributed by atoms with E-state index in [0.717, 1.165) is 6.42 Å². The molecule has 0 saturated heterocycles. The van der Waals surface area contributed by atoms with Crippen molar-refractivity contribution in [3.8, 4) is 0 Å². The third-order valence-electron chi connectivity index (χ3n) is 3.77. The van der Waals surface area contributed by atoms with Gasteiger partial charge in [0.15, 0.2) is 6.04 Å². The van der Waals surface area contributed by atoms with Gasteiger partial charge in [-0.25, -0.2) is 4.79 Å². The smallest absolute Gasteiger partial charge is 0.333 e. The highest BCUT2D eigenvalue weighted by molar-refractivity contribution is 5.97. The molecule has 0 saturated carbocycles. The second-order valence-corrected chi connectivity index (χ2v) is 5.80. The Morgan fingerprint density at radius 2 is 1.68 bits per heavy atom. The molecule has 0 aromatic heterocycles. The molecule has 4 nitrogen and oxygen atoms in total. The zero-order chi connectivity index (χ0) is 18.1. The fraction of sp³-hybridized carbons (Fsp3) is 0.238. The number of hydrogen-bond acceptors (Lipinski definition) is 3. The lowest BCUT2D eigenvalue weighted by Gasteiger charge is -2.21. The molecule has 0 aliphatic heterocycles. The zero-order valence-electron chi connectivity index (χ0n) is 14.4. The van der Waals surface area contributed by atoms with Gasteiger partial charge in [0.25, 0.3) is 5.91 Å². The van der Waals surface area contributed by atoms with Crippen LogP contribution in [0.15, 0.2) is 73.3 Å². The van der Waals surface area contributed by atoms with Crippen LogP contribution in [0, 0.1) is 0 Å². The van der Waals surface area contributed by atoms with Crippen LogP contribution in [0.25, 0.3) is 0 Å². The van der Waals surface area contributed by atoms with Crippen molar-refractivity contribution in [1.82, 2.24) is 5.32 Å². The molecule has 2 atom stereocenters. The zero-order valence-corrected chi connectivity index (χ0v) is 14.4. The Balaban J connectivity index is 2.14. The van der Waals surface area contributed by atoms with Crippen molar-refractivity contribution in [3.63, 3.8) is 0 Å². The minimum Gasteiger partial charge on any atom is -0.461 e. The van der Waals surface area contributed by atoms with E-state index in [1.807, 2.05) is 31.2 Å². The van der Waals surface area contributed by atoms with Gasteiger partial charge in [-0.15, -0.1) is 6.58 Å². The summed E-state index contributed by atoms with van der Waals surface area (Å²) in [6.07, 6.45) is 3.01. The van der Waals surface area contributed by atoms with Crippen molar-refractivity contribution in [1.29, 1.82) is 0 Å². The van der Waals surface area contributed by atoms with Crippen LogP contribution in [-0.4, -0.2) is 18.0 Å². The Labute approximate surface area is 148 Å². The molecule has 0 aliphatic carbocycles. The molecule has 130 valence electrons. The van der Waals surface area contributed by atoms with E-state index in [1.54, 1.807) is 42.5 Å². The third-order valence-corrected chi connectivity index (χ3v) is 3.77. The summed E-state index contributed by atoms with van der Waals surface area (Å²) in [6, 6.07) is 17.1. The molecule has 25 heavy (non-hydrogen) atoms. The van der Waals surface area contributed by atoms with Gasteiger partial charge in [-0.1, -0.05) is 54.6 Å². The highest BCUT2D eigenvalue weighted by Crippen LogP contribution is 2.17. The van der Waals surface area contributed by atoms with Gasteiger partial charge in [-0.2, -0.15) is 0 Å². The fourth-order valence-electron chi connectivity index (χ4n) is 2.41. The Bertz CT molecular complexity index is 698. The molecule has 2 aromatic rings. The number of hydrogen-bond donors (Lipinski definition) is 1. The third kappa shape index (κ3) is 5.60. The molecular weight excluding hydrogens is 314 g/mol. The van der Waals surface area contributed by atoms with Crippen LogP contribution in [0.3, 0.4) is 0 Å². The van der Waals surface area contributed by atoms with Crippen LogP contribution in [0.5, 0.6) is 0 Å². The lowest BCUT2D eigenvalue weighted by Crippen LogP contribution is -2.36. The van der Waals surface area contributed by atoms with Crippen LogP contribution in [-0.2, 0) is 9.53 Å². The quantitative estimate of drug-likeness (QED) is 0.584. The normalized spacial score (nSPS) is 12.7. The first kappa shape index (κ1) is 18.5. The summed E-state index contributed by atoms with van der Waals surface area (Å²) in [4.78, 5) is 25.1. The first-order valence-electron chi connectivity index (χ1n) is 8.34. The van der Waals surface area contributed by atoms with Crippen molar-refractivity contribution < 1.29 is 14.3 Å². The predicted molar refractivity (Wildman–Crippen MR) is 98.1 cm³/mol. The minimum atomic E-state index is -0.847. The standard InChI is InChI=1S/C21H23NO3/c1-3-4-11-16(2)25-21(24)19(17-12-7-5-8-13-17)22-20(23)18-14-9-6-10-15-18/h3,5-10,12-16,19H,1,4,11H2,2H3,(H,22,23). The van der Waals surface area contributed by atoms with Gasteiger partial charge in [0.05, 0.1) is 6.10 Å². The summed E-state index contributed by atoms with van der Waals surface area (Å²) in [7, 11) is 0. The molecule has 0 bridgehead atoms. The molecule has 0 radical (unpaired) electrons. The number of nitrogens with one attached hydrogen (secondary N) is 1. The minimum absolute atomic E-state index is 0.245. The first-order valence-corrected chi connectivity index (χ1v) is 8.34. The van der Waals surface area contributed by atoms with E-state index in [4.69, 9.17) is 4.74 Å². The van der Waals surface area contributed by atoms with E-state index in [-0.39, 0.29) is 12.0 Å². The van der Waals surface area contributed by atoms with Crippen LogP contribution in [0.2, 0.25) is 0 Å². The number of esters is 1. The number of ether oxygens (including phenoxy) is 1. The van der Waals surface area contributed by atoms with Crippen LogP contribution in [0.4, 0.5) is 0 Å². The van der Waals surface area contributed by atoms with Crippen molar-refractivity contribution in [2.24, 2.45) is 0 Å². The lowest BCUT2D eigenvalue weighted by molar-refractivity contribution is -0.151. The van der Waals surface area contributed by atoms with Crippen LogP contribution in [0.1, 0.15) is 41.7 Å². The lowest BCUT2D eigenvalue weighted by atomic mass is 10.1. The van der Waals surface area contributed by atoms with E-state index in [9.17, 15) is 9.59 Å². The molecule has 1 amide bonds. The summed E-state index contributed by atoms with van der Waals surface area (Å²) in [5, 5.41) is 2.78. The molecule has 1 N–H and O–H groups in total. The van der Waals surface area contributed by atoms with Gasteiger partial charge >= 0.3 is 5.97 Å². The van der Waals surface area contributed by atoms with Crippen LogP contribution >= 0.6 is 0 Å². The Kier molecular flexibility index (Phi) is 6.96. The first-order chi connectivity index (χ1) is 12.1. The fourth-order valence-corrected chi connectivity index (χ4v) is 2.41. The largest absolute Gasteiger partial charge is 0.461 e. The second kappa shape index (κ2) is 9.42. The molecule has 2 aromatic carbocycles. The maximum Gasteiger partial charge on any atom is 0.333 e. The van der Waals surface area contributed by atoms with Crippen molar-refractivity contribution >= 4 is 11.9 Å². The van der Waals surface area contributed by atoms with Gasteiger partial charge in [0.2, 0.25) is 0 Å². The van der Waals surface area contributed by atoms with E-state index < -0.39 is 12.0 Å². The molecule has 0 fully saturated rings. The number of benzene rings is 2. The van der Waals surface area contributed by atoms with Gasteiger partial charge in [0.1, 0.15) is 0 Å². The summed E-state index contributed by atoms with van der Waals surface area (Å²) in [5.74, 6) is -0.780. The second-order valence-electron chi connectivity index (χ2n) is 5.80. The highest BCUT2D eigenvalue weighted by Gasteiger charge is 2.26. The van der Waals surface area contributed by atoms with Gasteiger partial charge < -0.3 is 10.1 Å². The SMILES string of the molecule is C=CCCC(C)OC(=O)C(NC(=O)c1ccccc1)c1ccccc1. The molecule has 0 heterocycles. The molecule has 4 heteroatoms. The molecule has 2 unspecified atom stereocenters. The monoisotopic (exact) mass is 337 g/mol. The van der Waals surface area contributed by atoms with E-state index in [2.05, 4.69) is 11.9 Å². The number of carbonyl (C=O) groups excluding carboxylic acids is 2. The van der Waals surface area contributed by atoms with Gasteiger partial charge in [-0.3, -0.25) is 4.79 Å². The molecular formula is C21H23NO3. The van der Waals surface area contributed by atoms with Crippen LogP contribution < -0.4 is 5.32 Å². The number of amides is 1. The van der Waals surface area contributed by atoms with E-state index in [1.165, 1.54) is 0 Å². The Hall–Kier alpha value is -2.88. The van der Waals surface area contributed by atoms with E-state index >= 15 is 0 Å². The predicted octanol–water partition coefficient (Wildman–Crippen LogP) is 4.06. The topological polar surface area (TPSA) is 55.4 Å². The Morgan fingerprint density at radius 3 is 2.28 bits per heavy atom. The highest BCUT2D eigenvalue weighted by atomic mass is 16.5. The van der Waals surface area contributed by atoms with Gasteiger partial charge in [0, 0.05) is 5.56 Å². The molecule has 0 spiro atoms. The number of allylic oxidation sites excluding steroid dienone is 1. The summed E-state index contributed by atoms with van der Waals surface area (Å²) in [5.41, 5.74) is 1.18. The maximum absolute atomic E-state index is 12.6. The number of carbonyl (C=O) groups is 2. The van der Waals surface area contributed by atoms with Crippen molar-refractivity contribution in [2.75, 3.05) is 0 Å². The van der Waals surface area contributed by atoms with Gasteiger partial charge in [-0.05, 0) is 37.5 Å². The average Bonchev–Trinajstić information content (AvgIpc) is 2.65. The van der Waals surface area contributed by atoms with E-state index in [0.29, 0.717) is 17.5 Å². The molecule has 0 aliphatic rings. The number of rotatable bonds is 8. The maximum atomic E-state index is 12.6. The summed E-state index contributed by atoms with van der Waals surface area (Å²) in [6.45, 7) is 5.51. The summed E-state index contributed by atoms with van der Waals surface area (Å²) < 4.78 is 5.50. The summed E-state index contributed by atoms with van der Waals surface area (Å²) >= 11 is 0. The average molecular weight is 337 g/mol. The Morgan fingerprint density at radius 1 is 1.08 bits per heavy atom. The van der Waals surface area contributed by atoms with Crippen molar-refractivity contribution in [2.45, 2.75) is 31.9 Å². The van der Waals surface area contributed by atoms with Crippen molar-refractivity contribution in [3.05, 3.63) is 84.4 Å².